The van der Waals surface area contributed by atoms with Gasteiger partial charge in [-0.1, -0.05) is 28.1 Å². The second-order valence-electron chi connectivity index (χ2n) is 8.88. The van der Waals surface area contributed by atoms with Gasteiger partial charge in [0.25, 0.3) is 0 Å². The number of pyridine rings is 1. The predicted molar refractivity (Wildman–Crippen MR) is 163 cm³/mol. The Kier molecular flexibility index (Phi) is 9.26. The molecule has 0 radical (unpaired) electrons. The van der Waals surface area contributed by atoms with Gasteiger partial charge in [0.1, 0.15) is 23.0 Å². The highest BCUT2D eigenvalue weighted by Crippen LogP contribution is 2.39. The number of hydrogen-bond donors (Lipinski definition) is 1. The highest BCUT2D eigenvalue weighted by atomic mass is 79.9. The maximum atomic E-state index is 9.21. The van der Waals surface area contributed by atoms with Crippen molar-refractivity contribution in [2.24, 2.45) is 7.05 Å². The van der Waals surface area contributed by atoms with Gasteiger partial charge in [-0.25, -0.2) is 0 Å². The van der Waals surface area contributed by atoms with Gasteiger partial charge in [-0.05, 0) is 87.2 Å². The zero-order valence-electron chi connectivity index (χ0n) is 21.9. The summed E-state index contributed by atoms with van der Waals surface area (Å²) in [5.41, 5.74) is 7.43. The second-order valence-corrected chi connectivity index (χ2v) is 10.6. The molecule has 0 bridgehead atoms. The number of aromatic nitrogens is 1. The molecule has 0 aliphatic heterocycles. The minimum absolute atomic E-state index is 0.127. The summed E-state index contributed by atoms with van der Waals surface area (Å²) in [7, 11) is 7.37. The molecule has 0 atom stereocenters. The van der Waals surface area contributed by atoms with Crippen molar-refractivity contribution in [3.8, 4) is 33.9 Å². The van der Waals surface area contributed by atoms with Crippen molar-refractivity contribution in [2.45, 2.75) is 0 Å². The van der Waals surface area contributed by atoms with Gasteiger partial charge in [0, 0.05) is 47.5 Å². The number of methoxy groups -OCH3 is 2. The number of anilines is 1. The summed E-state index contributed by atoms with van der Waals surface area (Å²) in [5.74, 6) is 1.42. The van der Waals surface area contributed by atoms with E-state index in [4.69, 9.17) is 9.47 Å². The Balaban J connectivity index is 1.81. The Morgan fingerprint density at radius 2 is 1.42 bits per heavy atom. The van der Waals surface area contributed by atoms with E-state index < -0.39 is 0 Å². The molecule has 4 aromatic rings. The fourth-order valence-corrected chi connectivity index (χ4v) is 5.06. The fourth-order valence-electron chi connectivity index (χ4n) is 4.24. The molecule has 3 aromatic carbocycles. The molecule has 5 nitrogen and oxygen atoms in total. The summed E-state index contributed by atoms with van der Waals surface area (Å²) in [6.07, 6.45) is 4.24. The number of aliphatic hydroxyl groups excluding tert-OH is 1. The standard InChI is InChI=1S/C31H31Br2N2O3/c1-34(15-16-36)26-12-5-21(6-13-26)7-14-27-17-23(24-19-29(37-3)31(33)30(20-24)38-4)18-28(35(27)2)22-8-10-25(32)11-9-22/h5-14,17-20,36H,15-16H2,1-4H3/q+1. The summed E-state index contributed by atoms with van der Waals surface area (Å²) in [6, 6.07) is 25.0. The largest absolute Gasteiger partial charge is 0.495 e. The lowest BCUT2D eigenvalue weighted by Crippen LogP contribution is -2.34. The Hall–Kier alpha value is -3.13. The van der Waals surface area contributed by atoms with E-state index in [0.717, 1.165) is 48.3 Å². The maximum absolute atomic E-state index is 9.21. The van der Waals surface area contributed by atoms with E-state index in [0.29, 0.717) is 18.0 Å². The van der Waals surface area contributed by atoms with Crippen LogP contribution in [0.2, 0.25) is 0 Å². The van der Waals surface area contributed by atoms with Crippen LogP contribution in [-0.2, 0) is 7.05 Å². The molecule has 38 heavy (non-hydrogen) atoms. The van der Waals surface area contributed by atoms with Crippen molar-refractivity contribution in [3.63, 3.8) is 0 Å². The van der Waals surface area contributed by atoms with Crippen LogP contribution in [0.3, 0.4) is 0 Å². The Bertz CT molecular complexity index is 1410. The van der Waals surface area contributed by atoms with Gasteiger partial charge in [0.05, 0.1) is 20.8 Å². The van der Waals surface area contributed by atoms with E-state index in [1.807, 2.05) is 24.1 Å². The summed E-state index contributed by atoms with van der Waals surface area (Å²) in [5, 5.41) is 9.21. The first-order valence-corrected chi connectivity index (χ1v) is 13.7. The summed E-state index contributed by atoms with van der Waals surface area (Å²) < 4.78 is 15.2. The lowest BCUT2D eigenvalue weighted by molar-refractivity contribution is -0.662. The van der Waals surface area contributed by atoms with Crippen LogP contribution in [0.4, 0.5) is 5.69 Å². The van der Waals surface area contributed by atoms with Gasteiger partial charge in [-0.2, -0.15) is 4.57 Å². The molecule has 7 heteroatoms. The van der Waals surface area contributed by atoms with Crippen LogP contribution in [0, 0.1) is 0 Å². The van der Waals surface area contributed by atoms with Gasteiger partial charge in [-0.15, -0.1) is 0 Å². The number of benzene rings is 3. The molecule has 196 valence electrons. The average molecular weight is 639 g/mol. The highest BCUT2D eigenvalue weighted by molar-refractivity contribution is 9.11. The number of nitrogens with zero attached hydrogens (tertiary/aromatic N) is 2. The number of aliphatic hydroxyl groups is 1. The molecule has 0 aliphatic carbocycles. The third-order valence-corrected chi connectivity index (χ3v) is 7.79. The Labute approximate surface area is 241 Å². The molecule has 4 rings (SSSR count). The zero-order valence-corrected chi connectivity index (χ0v) is 25.1. The van der Waals surface area contributed by atoms with Crippen molar-refractivity contribution in [1.29, 1.82) is 0 Å². The molecule has 1 N–H and O–H groups in total. The van der Waals surface area contributed by atoms with Gasteiger partial charge in [0.15, 0.2) is 0 Å². The van der Waals surface area contributed by atoms with Crippen LogP contribution in [0.15, 0.2) is 81.7 Å². The van der Waals surface area contributed by atoms with E-state index in [1.54, 1.807) is 14.2 Å². The van der Waals surface area contributed by atoms with Crippen LogP contribution < -0.4 is 18.9 Å². The number of hydrogen-bond acceptors (Lipinski definition) is 4. The lowest BCUT2D eigenvalue weighted by Gasteiger charge is -2.17. The van der Waals surface area contributed by atoms with Crippen LogP contribution in [0.5, 0.6) is 11.5 Å². The molecule has 0 fully saturated rings. The Morgan fingerprint density at radius 1 is 0.816 bits per heavy atom. The van der Waals surface area contributed by atoms with Crippen molar-refractivity contribution >= 4 is 49.7 Å². The minimum Gasteiger partial charge on any atom is -0.495 e. The average Bonchev–Trinajstić information content (AvgIpc) is 2.93. The third-order valence-electron chi connectivity index (χ3n) is 6.48. The molecule has 1 aromatic heterocycles. The molecule has 1 heterocycles. The van der Waals surface area contributed by atoms with E-state index in [1.165, 1.54) is 0 Å². The maximum Gasteiger partial charge on any atom is 0.213 e. The smallest absolute Gasteiger partial charge is 0.213 e. The first-order chi connectivity index (χ1) is 18.3. The normalized spacial score (nSPS) is 11.1. The van der Waals surface area contributed by atoms with Crippen molar-refractivity contribution in [2.75, 3.05) is 39.3 Å². The summed E-state index contributed by atoms with van der Waals surface area (Å²) in [6.45, 7) is 0.726. The minimum atomic E-state index is 0.127. The van der Waals surface area contributed by atoms with Gasteiger partial charge < -0.3 is 19.5 Å². The lowest BCUT2D eigenvalue weighted by atomic mass is 10.0. The molecule has 0 aliphatic rings. The highest BCUT2D eigenvalue weighted by Gasteiger charge is 2.19. The predicted octanol–water partition coefficient (Wildman–Crippen LogP) is 6.99. The number of halogens is 2. The summed E-state index contributed by atoms with van der Waals surface area (Å²) in [4.78, 5) is 2.03. The quantitative estimate of drug-likeness (QED) is 0.201. The number of ether oxygens (including phenoxy) is 2. The molecule has 0 saturated carbocycles. The van der Waals surface area contributed by atoms with Crippen LogP contribution in [0.25, 0.3) is 34.5 Å². The van der Waals surface area contributed by atoms with Crippen LogP contribution in [0.1, 0.15) is 11.3 Å². The van der Waals surface area contributed by atoms with Crippen molar-refractivity contribution in [3.05, 3.63) is 93.0 Å². The van der Waals surface area contributed by atoms with Gasteiger partial charge >= 0.3 is 0 Å². The number of likely N-dealkylation sites (N-methyl/N-ethyl adjacent to an activating group) is 1. The Morgan fingerprint density at radius 3 is 2.00 bits per heavy atom. The van der Waals surface area contributed by atoms with E-state index >= 15 is 0 Å². The first-order valence-electron chi connectivity index (χ1n) is 12.2. The van der Waals surface area contributed by atoms with E-state index in [-0.39, 0.29) is 6.61 Å². The monoisotopic (exact) mass is 637 g/mol. The second kappa shape index (κ2) is 12.6. The van der Waals surface area contributed by atoms with Gasteiger partial charge in [0.2, 0.25) is 11.4 Å². The number of rotatable bonds is 9. The van der Waals surface area contributed by atoms with E-state index in [2.05, 4.69) is 116 Å². The SMILES string of the molecule is COc1cc(-c2cc(C=Cc3ccc(N(C)CCO)cc3)[n+](C)c(-c3ccc(Br)cc3)c2)cc(OC)c1Br. The van der Waals surface area contributed by atoms with Gasteiger partial charge in [-0.3, -0.25) is 0 Å². The third kappa shape index (κ3) is 6.29. The molecular weight excluding hydrogens is 608 g/mol. The molecule has 0 spiro atoms. The molecule has 0 unspecified atom stereocenters. The van der Waals surface area contributed by atoms with Crippen LogP contribution >= 0.6 is 31.9 Å². The van der Waals surface area contributed by atoms with Crippen molar-refractivity contribution in [1.82, 2.24) is 0 Å². The fraction of sp³-hybridized carbons (Fsp3) is 0.194. The molecule has 0 saturated heterocycles. The first kappa shape index (κ1) is 27.9. The topological polar surface area (TPSA) is 45.8 Å². The van der Waals surface area contributed by atoms with Crippen LogP contribution in [-0.4, -0.2) is 39.5 Å². The zero-order chi connectivity index (χ0) is 27.2. The summed E-state index contributed by atoms with van der Waals surface area (Å²) >= 11 is 7.13. The van der Waals surface area contributed by atoms with Crippen molar-refractivity contribution < 1.29 is 19.1 Å². The van der Waals surface area contributed by atoms with E-state index in [9.17, 15) is 5.11 Å². The molecule has 0 amide bonds. The molecular formula is C31H31Br2N2O3+.